The van der Waals surface area contributed by atoms with E-state index in [4.69, 9.17) is 4.42 Å². The third-order valence-electron chi connectivity index (χ3n) is 3.32. The van der Waals surface area contributed by atoms with Crippen molar-refractivity contribution >= 4 is 16.9 Å². The molecule has 2 heterocycles. The van der Waals surface area contributed by atoms with Crippen molar-refractivity contribution in [2.75, 3.05) is 13.1 Å². The van der Waals surface area contributed by atoms with Crippen molar-refractivity contribution in [1.82, 2.24) is 10.6 Å². The van der Waals surface area contributed by atoms with Gasteiger partial charge in [-0.05, 0) is 38.1 Å². The predicted octanol–water partition coefficient (Wildman–Crippen LogP) is 1.91. The van der Waals surface area contributed by atoms with E-state index in [1.165, 1.54) is 0 Å². The quantitative estimate of drug-likeness (QED) is 0.848. The molecule has 0 radical (unpaired) electrons. The van der Waals surface area contributed by atoms with Gasteiger partial charge >= 0.3 is 0 Å². The van der Waals surface area contributed by atoms with Crippen LogP contribution in [0.4, 0.5) is 0 Å². The van der Waals surface area contributed by atoms with Gasteiger partial charge in [0.15, 0.2) is 5.76 Å². The summed E-state index contributed by atoms with van der Waals surface area (Å²) in [6.07, 6.45) is 1.96. The van der Waals surface area contributed by atoms with Gasteiger partial charge in [0.05, 0.1) is 0 Å². The number of hydrogen-bond donors (Lipinski definition) is 2. The van der Waals surface area contributed by atoms with Gasteiger partial charge in [-0.2, -0.15) is 0 Å². The molecule has 0 spiro atoms. The number of benzene rings is 1. The van der Waals surface area contributed by atoms with Crippen molar-refractivity contribution in [1.29, 1.82) is 0 Å². The molecular weight excluding hydrogens is 228 g/mol. The second-order valence-corrected chi connectivity index (χ2v) is 4.65. The second kappa shape index (κ2) is 4.82. The van der Waals surface area contributed by atoms with Crippen LogP contribution in [0.15, 0.2) is 34.7 Å². The van der Waals surface area contributed by atoms with Gasteiger partial charge in [0.2, 0.25) is 0 Å². The van der Waals surface area contributed by atoms with Gasteiger partial charge in [-0.1, -0.05) is 18.2 Å². The van der Waals surface area contributed by atoms with Gasteiger partial charge < -0.3 is 15.1 Å². The monoisotopic (exact) mass is 244 g/mol. The molecule has 1 aliphatic heterocycles. The molecule has 1 aromatic carbocycles. The molecule has 4 heteroatoms. The fourth-order valence-corrected chi connectivity index (χ4v) is 2.32. The number of para-hydroxylation sites is 1. The van der Waals surface area contributed by atoms with Crippen LogP contribution >= 0.6 is 0 Å². The zero-order chi connectivity index (χ0) is 12.4. The number of amides is 1. The SMILES string of the molecule is O=C(NC1CCNCC1)c1cc2ccccc2o1. The number of fused-ring (bicyclic) bond motifs is 1. The number of hydrogen-bond acceptors (Lipinski definition) is 3. The Morgan fingerprint density at radius 3 is 2.83 bits per heavy atom. The highest BCUT2D eigenvalue weighted by molar-refractivity contribution is 5.96. The molecule has 0 unspecified atom stereocenters. The molecule has 2 N–H and O–H groups in total. The van der Waals surface area contributed by atoms with Crippen molar-refractivity contribution < 1.29 is 9.21 Å². The number of carbonyl (C=O) groups is 1. The van der Waals surface area contributed by atoms with E-state index in [0.29, 0.717) is 5.76 Å². The first-order chi connectivity index (χ1) is 8.83. The molecule has 1 saturated heterocycles. The lowest BCUT2D eigenvalue weighted by molar-refractivity contribution is 0.0903. The summed E-state index contributed by atoms with van der Waals surface area (Å²) in [7, 11) is 0. The standard InChI is InChI=1S/C14H16N2O2/c17-14(16-11-5-7-15-8-6-11)13-9-10-3-1-2-4-12(10)18-13/h1-4,9,11,15H,5-8H2,(H,16,17). The lowest BCUT2D eigenvalue weighted by atomic mass is 10.1. The Balaban J connectivity index is 1.74. The molecule has 2 aromatic rings. The Labute approximate surface area is 105 Å². The summed E-state index contributed by atoms with van der Waals surface area (Å²) in [4.78, 5) is 12.1. The van der Waals surface area contributed by atoms with Crippen LogP contribution in [0.3, 0.4) is 0 Å². The molecule has 0 atom stereocenters. The third-order valence-corrected chi connectivity index (χ3v) is 3.32. The van der Waals surface area contributed by atoms with Crippen molar-refractivity contribution in [3.05, 3.63) is 36.1 Å². The molecule has 94 valence electrons. The van der Waals surface area contributed by atoms with E-state index in [0.717, 1.165) is 36.9 Å². The molecule has 1 fully saturated rings. The van der Waals surface area contributed by atoms with Gasteiger partial charge in [-0.15, -0.1) is 0 Å². The van der Waals surface area contributed by atoms with Gasteiger partial charge in [-0.3, -0.25) is 4.79 Å². The van der Waals surface area contributed by atoms with E-state index in [-0.39, 0.29) is 11.9 Å². The minimum absolute atomic E-state index is 0.113. The Hall–Kier alpha value is -1.81. The van der Waals surface area contributed by atoms with Crippen molar-refractivity contribution in [3.63, 3.8) is 0 Å². The van der Waals surface area contributed by atoms with E-state index in [2.05, 4.69) is 10.6 Å². The van der Waals surface area contributed by atoms with Crippen LogP contribution in [0, 0.1) is 0 Å². The maximum absolute atomic E-state index is 12.1. The van der Waals surface area contributed by atoms with Gasteiger partial charge in [-0.25, -0.2) is 0 Å². The van der Waals surface area contributed by atoms with Crippen LogP contribution < -0.4 is 10.6 Å². The minimum Gasteiger partial charge on any atom is -0.451 e. The van der Waals surface area contributed by atoms with E-state index < -0.39 is 0 Å². The zero-order valence-corrected chi connectivity index (χ0v) is 10.1. The Morgan fingerprint density at radius 2 is 2.06 bits per heavy atom. The van der Waals surface area contributed by atoms with E-state index in [9.17, 15) is 4.79 Å². The van der Waals surface area contributed by atoms with Crippen LogP contribution in [0.2, 0.25) is 0 Å². The smallest absolute Gasteiger partial charge is 0.287 e. The second-order valence-electron chi connectivity index (χ2n) is 4.65. The summed E-state index contributed by atoms with van der Waals surface area (Å²) < 4.78 is 5.54. The number of piperidine rings is 1. The topological polar surface area (TPSA) is 54.3 Å². The first-order valence-electron chi connectivity index (χ1n) is 6.33. The van der Waals surface area contributed by atoms with Gasteiger partial charge in [0.25, 0.3) is 5.91 Å². The summed E-state index contributed by atoms with van der Waals surface area (Å²) in [5.41, 5.74) is 0.757. The first-order valence-corrected chi connectivity index (χ1v) is 6.33. The minimum atomic E-state index is -0.113. The molecular formula is C14H16N2O2. The van der Waals surface area contributed by atoms with Crippen LogP contribution in [0.25, 0.3) is 11.0 Å². The first kappa shape index (κ1) is 11.3. The summed E-state index contributed by atoms with van der Waals surface area (Å²) in [5, 5.41) is 7.26. The number of furan rings is 1. The third kappa shape index (κ3) is 2.24. The zero-order valence-electron chi connectivity index (χ0n) is 10.1. The van der Waals surface area contributed by atoms with E-state index in [1.54, 1.807) is 6.07 Å². The fraction of sp³-hybridized carbons (Fsp3) is 0.357. The van der Waals surface area contributed by atoms with Crippen molar-refractivity contribution in [3.8, 4) is 0 Å². The fourth-order valence-electron chi connectivity index (χ4n) is 2.32. The number of rotatable bonds is 2. The van der Waals surface area contributed by atoms with Crippen LogP contribution in [0.5, 0.6) is 0 Å². The molecule has 1 aliphatic rings. The highest BCUT2D eigenvalue weighted by Gasteiger charge is 2.18. The van der Waals surface area contributed by atoms with Crippen molar-refractivity contribution in [2.24, 2.45) is 0 Å². The maximum atomic E-state index is 12.1. The molecule has 1 amide bonds. The largest absolute Gasteiger partial charge is 0.451 e. The summed E-state index contributed by atoms with van der Waals surface area (Å²) in [5.74, 6) is 0.285. The lowest BCUT2D eigenvalue weighted by Gasteiger charge is -2.23. The average molecular weight is 244 g/mol. The number of nitrogens with one attached hydrogen (secondary N) is 2. The van der Waals surface area contributed by atoms with Crippen molar-refractivity contribution in [2.45, 2.75) is 18.9 Å². The maximum Gasteiger partial charge on any atom is 0.287 e. The predicted molar refractivity (Wildman–Crippen MR) is 69.6 cm³/mol. The average Bonchev–Trinajstić information content (AvgIpc) is 2.84. The van der Waals surface area contributed by atoms with E-state index in [1.807, 2.05) is 24.3 Å². The normalized spacial score (nSPS) is 16.9. The highest BCUT2D eigenvalue weighted by Crippen LogP contribution is 2.19. The molecule has 0 aliphatic carbocycles. The molecule has 1 aromatic heterocycles. The lowest BCUT2D eigenvalue weighted by Crippen LogP contribution is -2.42. The Bertz CT molecular complexity index is 523. The summed E-state index contributed by atoms with van der Waals surface area (Å²) in [6.45, 7) is 1.93. The van der Waals surface area contributed by atoms with Gasteiger partial charge in [0.1, 0.15) is 5.58 Å². The molecule has 0 saturated carbocycles. The summed E-state index contributed by atoms with van der Waals surface area (Å²) >= 11 is 0. The molecule has 4 nitrogen and oxygen atoms in total. The molecule has 3 rings (SSSR count). The van der Waals surface area contributed by atoms with Gasteiger partial charge in [0, 0.05) is 11.4 Å². The summed E-state index contributed by atoms with van der Waals surface area (Å²) in [6, 6.07) is 9.71. The Kier molecular flexibility index (Phi) is 3.02. The molecule has 18 heavy (non-hydrogen) atoms. The van der Waals surface area contributed by atoms with E-state index >= 15 is 0 Å². The molecule has 0 bridgehead atoms. The Morgan fingerprint density at radius 1 is 1.28 bits per heavy atom. The number of carbonyl (C=O) groups excluding carboxylic acids is 1. The van der Waals surface area contributed by atoms with Crippen LogP contribution in [0.1, 0.15) is 23.4 Å². The van der Waals surface area contributed by atoms with Crippen LogP contribution in [-0.4, -0.2) is 25.0 Å². The van der Waals surface area contributed by atoms with Crippen LogP contribution in [-0.2, 0) is 0 Å². The highest BCUT2D eigenvalue weighted by atomic mass is 16.3.